The zero-order chi connectivity index (χ0) is 11.9. The van der Waals surface area contributed by atoms with E-state index in [0.29, 0.717) is 12.3 Å². The molecule has 0 aromatic heterocycles. The molecule has 0 saturated heterocycles. The van der Waals surface area contributed by atoms with Crippen LogP contribution in [0.4, 0.5) is 13.2 Å². The van der Waals surface area contributed by atoms with Gasteiger partial charge in [-0.2, -0.15) is 13.2 Å². The van der Waals surface area contributed by atoms with Gasteiger partial charge < -0.3 is 4.74 Å². The fraction of sp³-hybridized carbons (Fsp3) is 1.00. The maximum absolute atomic E-state index is 11.8. The molecule has 1 atom stereocenters. The van der Waals surface area contributed by atoms with Crippen molar-refractivity contribution in [2.75, 3.05) is 19.1 Å². The van der Waals surface area contributed by atoms with Crippen molar-refractivity contribution in [1.82, 2.24) is 0 Å². The molecular formula is C10H18ClF3O. The van der Waals surface area contributed by atoms with E-state index < -0.39 is 12.8 Å². The standard InChI is InChI=1S/C10H18ClF3O/c1-3-4-9(2,7-11)5-6-15-8-10(12,13)14/h3-8H2,1-2H3. The summed E-state index contributed by atoms with van der Waals surface area (Å²) in [6.45, 7) is 2.95. The predicted octanol–water partition coefficient (Wildman–Crippen LogP) is 4.00. The van der Waals surface area contributed by atoms with Crippen molar-refractivity contribution in [3.63, 3.8) is 0 Å². The van der Waals surface area contributed by atoms with E-state index in [0.717, 1.165) is 12.8 Å². The van der Waals surface area contributed by atoms with Crippen LogP contribution < -0.4 is 0 Å². The summed E-state index contributed by atoms with van der Waals surface area (Å²) in [6.07, 6.45) is -1.78. The zero-order valence-electron chi connectivity index (χ0n) is 9.16. The van der Waals surface area contributed by atoms with Gasteiger partial charge in [0, 0.05) is 12.5 Å². The van der Waals surface area contributed by atoms with Gasteiger partial charge in [0.1, 0.15) is 6.61 Å². The molecule has 0 aliphatic rings. The summed E-state index contributed by atoms with van der Waals surface area (Å²) in [5, 5.41) is 0. The van der Waals surface area contributed by atoms with Crippen LogP contribution in [0.25, 0.3) is 0 Å². The Morgan fingerprint density at radius 1 is 1.20 bits per heavy atom. The van der Waals surface area contributed by atoms with Gasteiger partial charge in [-0.3, -0.25) is 0 Å². The number of ether oxygens (including phenoxy) is 1. The maximum atomic E-state index is 11.8. The highest BCUT2D eigenvalue weighted by Crippen LogP contribution is 2.29. The monoisotopic (exact) mass is 246 g/mol. The molecule has 0 bridgehead atoms. The molecule has 0 rings (SSSR count). The lowest BCUT2D eigenvalue weighted by Gasteiger charge is -2.26. The van der Waals surface area contributed by atoms with E-state index in [1.807, 2.05) is 13.8 Å². The highest BCUT2D eigenvalue weighted by molar-refractivity contribution is 6.18. The van der Waals surface area contributed by atoms with Crippen LogP contribution in [0.3, 0.4) is 0 Å². The van der Waals surface area contributed by atoms with Gasteiger partial charge >= 0.3 is 6.18 Å². The Bertz CT molecular complexity index is 173. The van der Waals surface area contributed by atoms with Gasteiger partial charge in [0.05, 0.1) is 0 Å². The molecule has 5 heteroatoms. The summed E-state index contributed by atoms with van der Waals surface area (Å²) in [5.41, 5.74) is -0.109. The van der Waals surface area contributed by atoms with E-state index in [4.69, 9.17) is 11.6 Å². The van der Waals surface area contributed by atoms with Gasteiger partial charge in [-0.25, -0.2) is 0 Å². The van der Waals surface area contributed by atoms with E-state index in [2.05, 4.69) is 4.74 Å². The lowest BCUT2D eigenvalue weighted by molar-refractivity contribution is -0.175. The smallest absolute Gasteiger partial charge is 0.372 e. The van der Waals surface area contributed by atoms with Gasteiger partial charge in [-0.15, -0.1) is 11.6 Å². The molecule has 0 spiro atoms. The van der Waals surface area contributed by atoms with Gasteiger partial charge in [0.25, 0.3) is 0 Å². The first-order valence-electron chi connectivity index (χ1n) is 5.03. The van der Waals surface area contributed by atoms with E-state index in [-0.39, 0.29) is 12.0 Å². The number of rotatable bonds is 7. The minimum atomic E-state index is -4.23. The van der Waals surface area contributed by atoms with Crippen molar-refractivity contribution >= 4 is 11.6 Å². The van der Waals surface area contributed by atoms with Gasteiger partial charge in [0.15, 0.2) is 0 Å². The second-order valence-corrected chi connectivity index (χ2v) is 4.38. The number of hydrogen-bond donors (Lipinski definition) is 0. The van der Waals surface area contributed by atoms with Gasteiger partial charge in [-0.1, -0.05) is 20.3 Å². The molecule has 0 fully saturated rings. The molecule has 1 unspecified atom stereocenters. The zero-order valence-corrected chi connectivity index (χ0v) is 9.92. The van der Waals surface area contributed by atoms with Crippen molar-refractivity contribution in [3.8, 4) is 0 Å². The third kappa shape index (κ3) is 7.91. The molecule has 0 radical (unpaired) electrons. The van der Waals surface area contributed by atoms with Crippen LogP contribution in [0, 0.1) is 5.41 Å². The minimum absolute atomic E-state index is 0.109. The second kappa shape index (κ2) is 6.59. The van der Waals surface area contributed by atoms with Crippen LogP contribution in [-0.2, 0) is 4.74 Å². The van der Waals surface area contributed by atoms with Gasteiger partial charge in [-0.05, 0) is 18.3 Å². The Hall–Kier alpha value is 0.0400. The third-order valence-corrected chi connectivity index (χ3v) is 2.94. The quantitative estimate of drug-likeness (QED) is 0.487. The van der Waals surface area contributed by atoms with Crippen molar-refractivity contribution in [2.24, 2.45) is 5.41 Å². The fourth-order valence-corrected chi connectivity index (χ4v) is 1.64. The minimum Gasteiger partial charge on any atom is -0.372 e. The Kier molecular flexibility index (Phi) is 6.60. The molecule has 0 N–H and O–H groups in total. The van der Waals surface area contributed by atoms with Crippen LogP contribution in [0.5, 0.6) is 0 Å². The molecule has 15 heavy (non-hydrogen) atoms. The molecule has 0 saturated carbocycles. The Balaban J connectivity index is 3.73. The molecule has 0 heterocycles. The van der Waals surface area contributed by atoms with Crippen LogP contribution in [0.1, 0.15) is 33.1 Å². The Morgan fingerprint density at radius 3 is 2.20 bits per heavy atom. The molecule has 92 valence electrons. The summed E-state index contributed by atoms with van der Waals surface area (Å²) < 4.78 is 39.8. The predicted molar refractivity (Wildman–Crippen MR) is 55.2 cm³/mol. The van der Waals surface area contributed by atoms with E-state index >= 15 is 0 Å². The molecule has 1 nitrogen and oxygen atoms in total. The first kappa shape index (κ1) is 15.0. The molecule has 0 aliphatic carbocycles. The number of alkyl halides is 4. The molecule has 0 aliphatic heterocycles. The topological polar surface area (TPSA) is 9.23 Å². The van der Waals surface area contributed by atoms with E-state index in [1.54, 1.807) is 0 Å². The molecule has 0 aromatic rings. The number of hydrogen-bond acceptors (Lipinski definition) is 1. The molecule has 0 aromatic carbocycles. The first-order valence-corrected chi connectivity index (χ1v) is 5.57. The van der Waals surface area contributed by atoms with Crippen LogP contribution in [0.2, 0.25) is 0 Å². The average molecular weight is 247 g/mol. The summed E-state index contributed by atoms with van der Waals surface area (Å²) >= 11 is 5.78. The third-order valence-electron chi connectivity index (χ3n) is 2.29. The van der Waals surface area contributed by atoms with Crippen molar-refractivity contribution < 1.29 is 17.9 Å². The summed E-state index contributed by atoms with van der Waals surface area (Å²) in [4.78, 5) is 0. The fourth-order valence-electron chi connectivity index (χ4n) is 1.37. The average Bonchev–Trinajstić information content (AvgIpc) is 2.12. The van der Waals surface area contributed by atoms with Crippen molar-refractivity contribution in [3.05, 3.63) is 0 Å². The Labute approximate surface area is 93.9 Å². The lowest BCUT2D eigenvalue weighted by atomic mass is 9.85. The Morgan fingerprint density at radius 2 is 1.80 bits per heavy atom. The molecule has 0 amide bonds. The normalized spacial score (nSPS) is 16.4. The SMILES string of the molecule is CCCC(C)(CCl)CCOCC(F)(F)F. The second-order valence-electron chi connectivity index (χ2n) is 4.11. The summed E-state index contributed by atoms with van der Waals surface area (Å²) in [6, 6.07) is 0. The summed E-state index contributed by atoms with van der Waals surface area (Å²) in [5.74, 6) is 0.455. The highest BCUT2D eigenvalue weighted by atomic mass is 35.5. The summed E-state index contributed by atoms with van der Waals surface area (Å²) in [7, 11) is 0. The van der Waals surface area contributed by atoms with E-state index in [1.165, 1.54) is 0 Å². The maximum Gasteiger partial charge on any atom is 0.411 e. The number of halogens is 4. The lowest BCUT2D eigenvalue weighted by Crippen LogP contribution is -2.23. The van der Waals surface area contributed by atoms with Crippen molar-refractivity contribution in [2.45, 2.75) is 39.3 Å². The highest BCUT2D eigenvalue weighted by Gasteiger charge is 2.28. The van der Waals surface area contributed by atoms with Crippen LogP contribution in [-0.4, -0.2) is 25.3 Å². The van der Waals surface area contributed by atoms with Crippen molar-refractivity contribution in [1.29, 1.82) is 0 Å². The molecular weight excluding hydrogens is 229 g/mol. The van der Waals surface area contributed by atoms with Crippen LogP contribution in [0.15, 0.2) is 0 Å². The van der Waals surface area contributed by atoms with Gasteiger partial charge in [0.2, 0.25) is 0 Å². The largest absolute Gasteiger partial charge is 0.411 e. The van der Waals surface area contributed by atoms with Crippen LogP contribution >= 0.6 is 11.6 Å². The first-order chi connectivity index (χ1) is 6.83. The van der Waals surface area contributed by atoms with E-state index in [9.17, 15) is 13.2 Å².